The molecular weight excluding hydrogens is 224 g/mol. The molecule has 1 N–H and O–H groups in total. The first-order valence-corrected chi connectivity index (χ1v) is 5.20. The second kappa shape index (κ2) is 8.39. The number of rotatable bonds is 6. The van der Waals surface area contributed by atoms with E-state index in [0.29, 0.717) is 0 Å². The van der Waals surface area contributed by atoms with Crippen LogP contribution in [-0.2, 0) is 11.3 Å². The lowest BCUT2D eigenvalue weighted by Gasteiger charge is -2.12. The highest BCUT2D eigenvalue weighted by Gasteiger charge is 1.95. The number of nitrogens with one attached hydrogen (secondary N) is 1. The van der Waals surface area contributed by atoms with Crippen LogP contribution in [0, 0.1) is 0 Å². The molecule has 0 unspecified atom stereocenters. The second-order valence-electron chi connectivity index (χ2n) is 3.73. The van der Waals surface area contributed by atoms with Gasteiger partial charge in [0.15, 0.2) is 0 Å². The van der Waals surface area contributed by atoms with Crippen molar-refractivity contribution in [3.05, 3.63) is 29.8 Å². The summed E-state index contributed by atoms with van der Waals surface area (Å²) in [6.07, 6.45) is 0. The number of hydrogen-bond donors (Lipinski definition) is 1. The molecule has 0 fully saturated rings. The van der Waals surface area contributed by atoms with Crippen LogP contribution >= 0.6 is 12.4 Å². The van der Waals surface area contributed by atoms with Crippen LogP contribution < -0.4 is 10.2 Å². The molecule has 0 saturated carbocycles. The summed E-state index contributed by atoms with van der Waals surface area (Å²) in [5, 5.41) is 3.31. The molecule has 0 spiro atoms. The zero-order valence-corrected chi connectivity index (χ0v) is 11.0. The van der Waals surface area contributed by atoms with Crippen molar-refractivity contribution in [3.63, 3.8) is 0 Å². The Bertz CT molecular complexity index is 275. The summed E-state index contributed by atoms with van der Waals surface area (Å²) in [6.45, 7) is 2.55. The quantitative estimate of drug-likeness (QED) is 0.774. The highest BCUT2D eigenvalue weighted by atomic mass is 35.5. The Morgan fingerprint density at radius 2 is 1.81 bits per heavy atom. The summed E-state index contributed by atoms with van der Waals surface area (Å²) in [7, 11) is 5.81. The molecule has 4 heteroatoms. The average molecular weight is 245 g/mol. The van der Waals surface area contributed by atoms with Crippen molar-refractivity contribution in [3.8, 4) is 0 Å². The lowest BCUT2D eigenvalue weighted by atomic mass is 10.2. The minimum Gasteiger partial charge on any atom is -0.383 e. The average Bonchev–Trinajstić information content (AvgIpc) is 2.25. The molecule has 3 nitrogen and oxygen atoms in total. The van der Waals surface area contributed by atoms with Gasteiger partial charge in [-0.1, -0.05) is 12.1 Å². The second-order valence-corrected chi connectivity index (χ2v) is 3.73. The van der Waals surface area contributed by atoms with E-state index < -0.39 is 0 Å². The van der Waals surface area contributed by atoms with Crippen molar-refractivity contribution in [1.29, 1.82) is 0 Å². The first-order valence-electron chi connectivity index (χ1n) is 5.20. The number of nitrogens with zero attached hydrogens (tertiary/aromatic N) is 1. The van der Waals surface area contributed by atoms with Crippen LogP contribution in [0.25, 0.3) is 0 Å². The van der Waals surface area contributed by atoms with Gasteiger partial charge < -0.3 is 15.0 Å². The van der Waals surface area contributed by atoms with E-state index in [4.69, 9.17) is 4.74 Å². The maximum Gasteiger partial charge on any atom is 0.0587 e. The normalized spacial score (nSPS) is 9.69. The molecule has 1 aromatic rings. The van der Waals surface area contributed by atoms with Crippen molar-refractivity contribution < 1.29 is 4.74 Å². The maximum absolute atomic E-state index is 4.96. The van der Waals surface area contributed by atoms with Crippen LogP contribution in [0.2, 0.25) is 0 Å². The van der Waals surface area contributed by atoms with Crippen LogP contribution in [0.1, 0.15) is 5.56 Å². The van der Waals surface area contributed by atoms with E-state index in [1.165, 1.54) is 11.3 Å². The van der Waals surface area contributed by atoms with Gasteiger partial charge in [-0.05, 0) is 17.7 Å². The molecular formula is C12H21ClN2O. The predicted octanol–water partition coefficient (Wildman–Crippen LogP) is 1.91. The van der Waals surface area contributed by atoms with Gasteiger partial charge in [0.05, 0.1) is 6.61 Å². The molecule has 92 valence electrons. The fraction of sp³-hybridized carbons (Fsp3) is 0.500. The first kappa shape index (κ1) is 15.2. The smallest absolute Gasteiger partial charge is 0.0587 e. The fourth-order valence-corrected chi connectivity index (χ4v) is 1.32. The van der Waals surface area contributed by atoms with Crippen LogP contribution in [0.3, 0.4) is 0 Å². The van der Waals surface area contributed by atoms with E-state index in [2.05, 4.69) is 34.5 Å². The maximum atomic E-state index is 4.96. The summed E-state index contributed by atoms with van der Waals surface area (Å²) in [5.41, 5.74) is 2.53. The van der Waals surface area contributed by atoms with E-state index in [1.807, 2.05) is 14.1 Å². The molecule has 0 aliphatic carbocycles. The van der Waals surface area contributed by atoms with Crippen LogP contribution in [0.15, 0.2) is 24.3 Å². The Labute approximate surface area is 104 Å². The van der Waals surface area contributed by atoms with Crippen molar-refractivity contribution >= 4 is 18.1 Å². The van der Waals surface area contributed by atoms with Gasteiger partial charge in [-0.3, -0.25) is 0 Å². The number of hydrogen-bond acceptors (Lipinski definition) is 3. The van der Waals surface area contributed by atoms with Gasteiger partial charge in [-0.15, -0.1) is 12.4 Å². The minimum absolute atomic E-state index is 0. The van der Waals surface area contributed by atoms with Gasteiger partial charge >= 0.3 is 0 Å². The number of anilines is 1. The Kier molecular flexibility index (Phi) is 7.99. The fourth-order valence-electron chi connectivity index (χ4n) is 1.32. The van der Waals surface area contributed by atoms with E-state index in [-0.39, 0.29) is 12.4 Å². The lowest BCUT2D eigenvalue weighted by molar-refractivity contribution is 0.199. The molecule has 0 aliphatic rings. The summed E-state index contributed by atoms with van der Waals surface area (Å²) in [5.74, 6) is 0. The third kappa shape index (κ3) is 5.35. The summed E-state index contributed by atoms with van der Waals surface area (Å²) >= 11 is 0. The van der Waals surface area contributed by atoms with Gasteiger partial charge in [0.25, 0.3) is 0 Å². The van der Waals surface area contributed by atoms with Gasteiger partial charge in [0, 0.05) is 40.0 Å². The van der Waals surface area contributed by atoms with E-state index >= 15 is 0 Å². The topological polar surface area (TPSA) is 24.5 Å². The molecule has 0 heterocycles. The molecule has 16 heavy (non-hydrogen) atoms. The number of halogens is 1. The Morgan fingerprint density at radius 3 is 2.31 bits per heavy atom. The molecule has 1 aromatic carbocycles. The monoisotopic (exact) mass is 244 g/mol. The highest BCUT2D eigenvalue weighted by Crippen LogP contribution is 2.11. The van der Waals surface area contributed by atoms with Gasteiger partial charge in [-0.25, -0.2) is 0 Å². The molecule has 1 rings (SSSR count). The lowest BCUT2D eigenvalue weighted by Crippen LogP contribution is -2.18. The predicted molar refractivity (Wildman–Crippen MR) is 71.6 cm³/mol. The Hall–Kier alpha value is -0.770. The molecule has 0 aromatic heterocycles. The van der Waals surface area contributed by atoms with Gasteiger partial charge in [0.1, 0.15) is 0 Å². The molecule has 0 atom stereocenters. The molecule has 0 aliphatic heterocycles. The van der Waals surface area contributed by atoms with Crippen LogP contribution in [0.4, 0.5) is 5.69 Å². The molecule has 0 radical (unpaired) electrons. The van der Waals surface area contributed by atoms with Gasteiger partial charge in [0.2, 0.25) is 0 Å². The van der Waals surface area contributed by atoms with Crippen LogP contribution in [-0.4, -0.2) is 34.4 Å². The highest BCUT2D eigenvalue weighted by molar-refractivity contribution is 5.85. The number of benzene rings is 1. The van der Waals surface area contributed by atoms with Crippen LogP contribution in [0.5, 0.6) is 0 Å². The molecule has 0 bridgehead atoms. The van der Waals surface area contributed by atoms with Crippen molar-refractivity contribution in [1.82, 2.24) is 5.32 Å². The molecule has 0 saturated heterocycles. The third-order valence-corrected chi connectivity index (χ3v) is 2.26. The third-order valence-electron chi connectivity index (χ3n) is 2.26. The first-order chi connectivity index (χ1) is 7.24. The van der Waals surface area contributed by atoms with Crippen molar-refractivity contribution in [2.75, 3.05) is 39.3 Å². The van der Waals surface area contributed by atoms with E-state index in [9.17, 15) is 0 Å². The standard InChI is InChI=1S/C12H20N2O.ClH/c1-14(2)12-6-4-11(5-7-12)10-13-8-9-15-3;/h4-7,13H,8-10H2,1-3H3;1H. The number of ether oxygens (including phenoxy) is 1. The largest absolute Gasteiger partial charge is 0.383 e. The summed E-state index contributed by atoms with van der Waals surface area (Å²) in [6, 6.07) is 8.56. The van der Waals surface area contributed by atoms with E-state index in [1.54, 1.807) is 7.11 Å². The number of methoxy groups -OCH3 is 1. The SMILES string of the molecule is COCCNCc1ccc(N(C)C)cc1.Cl. The zero-order valence-electron chi connectivity index (χ0n) is 10.2. The van der Waals surface area contributed by atoms with E-state index in [0.717, 1.165) is 19.7 Å². The summed E-state index contributed by atoms with van der Waals surface area (Å²) in [4.78, 5) is 2.10. The minimum atomic E-state index is 0. The Balaban J connectivity index is 0.00000225. The van der Waals surface area contributed by atoms with Crippen molar-refractivity contribution in [2.24, 2.45) is 0 Å². The Morgan fingerprint density at radius 1 is 1.19 bits per heavy atom. The zero-order chi connectivity index (χ0) is 11.1. The summed E-state index contributed by atoms with van der Waals surface area (Å²) < 4.78 is 4.96. The van der Waals surface area contributed by atoms with Crippen molar-refractivity contribution in [2.45, 2.75) is 6.54 Å². The van der Waals surface area contributed by atoms with Gasteiger partial charge in [-0.2, -0.15) is 0 Å². The molecule has 0 amide bonds.